The summed E-state index contributed by atoms with van der Waals surface area (Å²) in [4.78, 5) is 23.5. The molecule has 1 heterocycles. The molecule has 2 N–H and O–H groups in total. The lowest BCUT2D eigenvalue weighted by molar-refractivity contribution is -0.115. The van der Waals surface area contributed by atoms with Crippen molar-refractivity contribution in [1.82, 2.24) is 5.32 Å². The number of benzene rings is 1. The van der Waals surface area contributed by atoms with Gasteiger partial charge in [-0.3, -0.25) is 4.79 Å². The van der Waals surface area contributed by atoms with Gasteiger partial charge in [0.05, 0.1) is 25.3 Å². The molecule has 1 aliphatic rings. The third-order valence-corrected chi connectivity index (χ3v) is 3.61. The summed E-state index contributed by atoms with van der Waals surface area (Å²) in [6.45, 7) is 3.56. The van der Waals surface area contributed by atoms with Crippen molar-refractivity contribution >= 4 is 30.0 Å². The highest BCUT2D eigenvalue weighted by atomic mass is 35.5. The number of nitrogens with one attached hydrogen (secondary N) is 2. The van der Waals surface area contributed by atoms with E-state index in [-0.39, 0.29) is 31.0 Å². The Morgan fingerprint density at radius 2 is 2.17 bits per heavy atom. The van der Waals surface area contributed by atoms with E-state index < -0.39 is 5.97 Å². The van der Waals surface area contributed by atoms with Gasteiger partial charge in [0.15, 0.2) is 0 Å². The van der Waals surface area contributed by atoms with Gasteiger partial charge in [0.25, 0.3) is 0 Å². The number of halogens is 1. The highest BCUT2D eigenvalue weighted by Crippen LogP contribution is 2.17. The van der Waals surface area contributed by atoms with Gasteiger partial charge in [0.1, 0.15) is 0 Å². The lowest BCUT2D eigenvalue weighted by atomic mass is 10.1. The number of ether oxygens (including phenoxy) is 2. The molecule has 128 valence electrons. The Morgan fingerprint density at radius 3 is 2.83 bits per heavy atom. The Labute approximate surface area is 142 Å². The molecule has 0 bridgehead atoms. The van der Waals surface area contributed by atoms with Gasteiger partial charge in [-0.05, 0) is 37.5 Å². The van der Waals surface area contributed by atoms with E-state index in [1.54, 1.807) is 18.2 Å². The van der Waals surface area contributed by atoms with Crippen molar-refractivity contribution in [3.05, 3.63) is 29.3 Å². The third kappa shape index (κ3) is 5.82. The van der Waals surface area contributed by atoms with Gasteiger partial charge >= 0.3 is 5.97 Å². The Kier molecular flexibility index (Phi) is 8.02. The predicted molar refractivity (Wildman–Crippen MR) is 90.2 cm³/mol. The zero-order chi connectivity index (χ0) is 15.9. The van der Waals surface area contributed by atoms with Gasteiger partial charge in [-0.2, -0.15) is 0 Å². The van der Waals surface area contributed by atoms with Crippen LogP contribution in [0.2, 0.25) is 0 Å². The first-order valence-electron chi connectivity index (χ1n) is 7.41. The summed E-state index contributed by atoms with van der Waals surface area (Å²) in [5.41, 5.74) is 1.92. The molecule has 23 heavy (non-hydrogen) atoms. The zero-order valence-corrected chi connectivity index (χ0v) is 14.2. The number of carbonyl (C=O) groups is 2. The Hall–Kier alpha value is -1.63. The van der Waals surface area contributed by atoms with Crippen molar-refractivity contribution in [2.24, 2.45) is 0 Å². The van der Waals surface area contributed by atoms with Crippen molar-refractivity contribution in [3.63, 3.8) is 0 Å². The largest absolute Gasteiger partial charge is 0.465 e. The molecule has 1 aromatic rings. The first-order valence-corrected chi connectivity index (χ1v) is 7.41. The molecule has 1 unspecified atom stereocenters. The molecule has 0 spiro atoms. The molecule has 0 saturated carbocycles. The molecule has 1 saturated heterocycles. The fourth-order valence-electron chi connectivity index (χ4n) is 2.35. The fraction of sp³-hybridized carbons (Fsp3) is 0.500. The molecule has 0 radical (unpaired) electrons. The number of rotatable bonds is 6. The molecule has 0 aliphatic carbocycles. The second kappa shape index (κ2) is 9.50. The van der Waals surface area contributed by atoms with E-state index in [1.807, 2.05) is 6.92 Å². The van der Waals surface area contributed by atoms with E-state index in [4.69, 9.17) is 4.74 Å². The predicted octanol–water partition coefficient (Wildman–Crippen LogP) is 1.91. The van der Waals surface area contributed by atoms with Crippen molar-refractivity contribution in [2.45, 2.75) is 25.9 Å². The van der Waals surface area contributed by atoms with E-state index in [1.165, 1.54) is 7.11 Å². The lowest BCUT2D eigenvalue weighted by Crippen LogP contribution is -2.33. The smallest absolute Gasteiger partial charge is 0.337 e. The number of hydrogen-bond donors (Lipinski definition) is 2. The van der Waals surface area contributed by atoms with Crippen LogP contribution in [0.1, 0.15) is 28.8 Å². The number of methoxy groups -OCH3 is 1. The van der Waals surface area contributed by atoms with Crippen molar-refractivity contribution in [1.29, 1.82) is 0 Å². The second-order valence-corrected chi connectivity index (χ2v) is 5.34. The van der Waals surface area contributed by atoms with Gasteiger partial charge in [0, 0.05) is 18.8 Å². The van der Waals surface area contributed by atoms with Gasteiger partial charge in [-0.25, -0.2) is 4.79 Å². The van der Waals surface area contributed by atoms with Crippen LogP contribution in [0.3, 0.4) is 0 Å². The molecule has 1 aromatic carbocycles. The average Bonchev–Trinajstić information content (AvgIpc) is 3.02. The van der Waals surface area contributed by atoms with Crippen LogP contribution in [0.15, 0.2) is 18.2 Å². The van der Waals surface area contributed by atoms with Crippen molar-refractivity contribution < 1.29 is 19.1 Å². The van der Waals surface area contributed by atoms with E-state index in [2.05, 4.69) is 15.4 Å². The van der Waals surface area contributed by atoms with Crippen molar-refractivity contribution in [3.8, 4) is 0 Å². The summed E-state index contributed by atoms with van der Waals surface area (Å²) in [7, 11) is 1.33. The Morgan fingerprint density at radius 1 is 1.39 bits per heavy atom. The quantitative estimate of drug-likeness (QED) is 0.772. The second-order valence-electron chi connectivity index (χ2n) is 5.34. The minimum Gasteiger partial charge on any atom is -0.465 e. The maximum atomic E-state index is 12.0. The zero-order valence-electron chi connectivity index (χ0n) is 13.4. The van der Waals surface area contributed by atoms with Gasteiger partial charge in [-0.15, -0.1) is 12.4 Å². The molecule has 1 atom stereocenters. The van der Waals surface area contributed by atoms with Crippen LogP contribution in [0.25, 0.3) is 0 Å². The lowest BCUT2D eigenvalue weighted by Gasteiger charge is -2.12. The van der Waals surface area contributed by atoms with Gasteiger partial charge in [0.2, 0.25) is 5.91 Å². The molecular weight excluding hydrogens is 320 g/mol. The van der Waals surface area contributed by atoms with Crippen LogP contribution in [0, 0.1) is 6.92 Å². The highest BCUT2D eigenvalue weighted by Gasteiger charge is 2.15. The van der Waals surface area contributed by atoms with E-state index in [9.17, 15) is 9.59 Å². The molecule has 1 fully saturated rings. The van der Waals surface area contributed by atoms with Crippen LogP contribution in [-0.2, 0) is 14.3 Å². The number of carbonyl (C=O) groups excluding carboxylic acids is 2. The summed E-state index contributed by atoms with van der Waals surface area (Å²) in [6.07, 6.45) is 2.32. The standard InChI is InChI=1S/C16H22N2O4.ClH/c1-11-5-6-12(16(20)21-2)8-14(11)18-15(19)10-17-9-13-4-3-7-22-13;/h5-6,8,13,17H,3-4,7,9-10H2,1-2H3,(H,18,19);1H. The summed E-state index contributed by atoms with van der Waals surface area (Å²) in [6, 6.07) is 5.08. The molecular formula is C16H23ClN2O4. The van der Waals surface area contributed by atoms with E-state index in [0.29, 0.717) is 17.8 Å². The van der Waals surface area contributed by atoms with Crippen LogP contribution in [0.4, 0.5) is 5.69 Å². The molecule has 1 amide bonds. The minimum atomic E-state index is -0.424. The van der Waals surface area contributed by atoms with Crippen LogP contribution in [0.5, 0.6) is 0 Å². The first kappa shape index (κ1) is 19.4. The molecule has 2 rings (SSSR count). The van der Waals surface area contributed by atoms with Gasteiger partial charge in [-0.1, -0.05) is 6.07 Å². The monoisotopic (exact) mass is 342 g/mol. The van der Waals surface area contributed by atoms with Crippen LogP contribution < -0.4 is 10.6 Å². The Balaban J connectivity index is 0.00000264. The fourth-order valence-corrected chi connectivity index (χ4v) is 2.35. The number of aryl methyl sites for hydroxylation is 1. The first-order chi connectivity index (χ1) is 10.6. The molecule has 1 aliphatic heterocycles. The van der Waals surface area contributed by atoms with Crippen molar-refractivity contribution in [2.75, 3.05) is 32.1 Å². The maximum absolute atomic E-state index is 12.0. The maximum Gasteiger partial charge on any atom is 0.337 e. The summed E-state index contributed by atoms with van der Waals surface area (Å²) >= 11 is 0. The number of anilines is 1. The van der Waals surface area contributed by atoms with E-state index >= 15 is 0 Å². The normalized spacial score (nSPS) is 16.5. The molecule has 0 aromatic heterocycles. The van der Waals surface area contributed by atoms with Crippen LogP contribution >= 0.6 is 12.4 Å². The summed E-state index contributed by atoms with van der Waals surface area (Å²) in [5.74, 6) is -0.574. The SMILES string of the molecule is COC(=O)c1ccc(C)c(NC(=O)CNCC2CCCO2)c1.Cl. The summed E-state index contributed by atoms with van der Waals surface area (Å²) < 4.78 is 10.2. The molecule has 7 heteroatoms. The topological polar surface area (TPSA) is 76.7 Å². The highest BCUT2D eigenvalue weighted by molar-refractivity contribution is 5.96. The number of hydrogen-bond acceptors (Lipinski definition) is 5. The minimum absolute atomic E-state index is 0. The van der Waals surface area contributed by atoms with Gasteiger partial charge < -0.3 is 20.1 Å². The number of esters is 1. The van der Waals surface area contributed by atoms with Crippen LogP contribution in [-0.4, -0.2) is 44.8 Å². The third-order valence-electron chi connectivity index (χ3n) is 3.61. The Bertz CT molecular complexity index is 545. The number of amides is 1. The average molecular weight is 343 g/mol. The summed E-state index contributed by atoms with van der Waals surface area (Å²) in [5, 5.41) is 5.89. The molecule has 6 nitrogen and oxygen atoms in total. The van der Waals surface area contributed by atoms with E-state index in [0.717, 1.165) is 25.0 Å².